The van der Waals surface area contributed by atoms with Crippen molar-refractivity contribution in [2.75, 3.05) is 7.05 Å². The van der Waals surface area contributed by atoms with Crippen molar-refractivity contribution in [3.05, 3.63) is 29.3 Å². The van der Waals surface area contributed by atoms with Gasteiger partial charge in [-0.3, -0.25) is 9.78 Å². The molecule has 0 atom stereocenters. The van der Waals surface area contributed by atoms with Crippen LogP contribution in [-0.2, 0) is 23.1 Å². The second-order valence-electron chi connectivity index (χ2n) is 4.66. The van der Waals surface area contributed by atoms with Crippen LogP contribution < -0.4 is 0 Å². The summed E-state index contributed by atoms with van der Waals surface area (Å²) in [6.45, 7) is 6.33. The minimum absolute atomic E-state index is 0.249. The van der Waals surface area contributed by atoms with Gasteiger partial charge < -0.3 is 0 Å². The van der Waals surface area contributed by atoms with Crippen molar-refractivity contribution in [1.82, 2.24) is 24.3 Å². The topological polar surface area (TPSA) is 83.9 Å². The third-order valence-corrected chi connectivity index (χ3v) is 5.29. The van der Waals surface area contributed by atoms with Gasteiger partial charge in [0.05, 0.1) is 23.6 Å². The van der Waals surface area contributed by atoms with Gasteiger partial charge in [-0.2, -0.15) is 14.5 Å². The SMILES string of the molecule is CCn1nc(C)c(S(=O)(=O)N(C)Cc2ccn[nH]2)c1C. The number of H-pyrrole nitrogens is 1. The van der Waals surface area contributed by atoms with Crippen molar-refractivity contribution in [3.63, 3.8) is 0 Å². The van der Waals surface area contributed by atoms with Crippen molar-refractivity contribution < 1.29 is 8.42 Å². The van der Waals surface area contributed by atoms with Crippen LogP contribution in [0.4, 0.5) is 0 Å². The molecule has 7 nitrogen and oxygen atoms in total. The molecule has 2 rings (SSSR count). The van der Waals surface area contributed by atoms with E-state index < -0.39 is 10.0 Å². The Labute approximate surface area is 118 Å². The highest BCUT2D eigenvalue weighted by Crippen LogP contribution is 2.23. The van der Waals surface area contributed by atoms with Crippen LogP contribution in [0.25, 0.3) is 0 Å². The van der Waals surface area contributed by atoms with Gasteiger partial charge in [-0.25, -0.2) is 8.42 Å². The molecule has 8 heteroatoms. The first-order valence-corrected chi connectivity index (χ1v) is 7.80. The minimum atomic E-state index is -3.56. The third kappa shape index (κ3) is 2.48. The lowest BCUT2D eigenvalue weighted by Crippen LogP contribution is -2.27. The Bertz CT molecular complexity index is 688. The van der Waals surface area contributed by atoms with Gasteiger partial charge in [0.15, 0.2) is 0 Å². The van der Waals surface area contributed by atoms with Crippen molar-refractivity contribution in [3.8, 4) is 0 Å². The normalized spacial score (nSPS) is 12.2. The Morgan fingerprint density at radius 2 is 2.10 bits per heavy atom. The molecule has 110 valence electrons. The summed E-state index contributed by atoms with van der Waals surface area (Å²) in [6, 6.07) is 1.75. The fraction of sp³-hybridized carbons (Fsp3) is 0.500. The van der Waals surface area contributed by atoms with Crippen LogP contribution in [-0.4, -0.2) is 39.7 Å². The second kappa shape index (κ2) is 5.37. The number of hydrogen-bond acceptors (Lipinski definition) is 4. The molecule has 0 aliphatic rings. The summed E-state index contributed by atoms with van der Waals surface area (Å²) < 4.78 is 28.3. The van der Waals surface area contributed by atoms with Gasteiger partial charge in [-0.05, 0) is 26.8 Å². The lowest BCUT2D eigenvalue weighted by Gasteiger charge is -2.16. The molecule has 0 aliphatic heterocycles. The number of nitrogens with zero attached hydrogens (tertiary/aromatic N) is 4. The van der Waals surface area contributed by atoms with E-state index in [1.54, 1.807) is 37.8 Å². The average Bonchev–Trinajstić information content (AvgIpc) is 2.97. The van der Waals surface area contributed by atoms with E-state index in [0.29, 0.717) is 22.8 Å². The molecule has 0 unspecified atom stereocenters. The number of nitrogens with one attached hydrogen (secondary N) is 1. The van der Waals surface area contributed by atoms with Crippen LogP contribution in [0.2, 0.25) is 0 Å². The lowest BCUT2D eigenvalue weighted by atomic mass is 10.4. The average molecular weight is 297 g/mol. The van der Waals surface area contributed by atoms with Crippen molar-refractivity contribution >= 4 is 10.0 Å². The predicted molar refractivity (Wildman–Crippen MR) is 74.6 cm³/mol. The largest absolute Gasteiger partial charge is 0.281 e. The molecule has 2 heterocycles. The van der Waals surface area contributed by atoms with Crippen LogP contribution >= 0.6 is 0 Å². The molecule has 0 spiro atoms. The van der Waals surface area contributed by atoms with E-state index in [4.69, 9.17) is 0 Å². The van der Waals surface area contributed by atoms with Gasteiger partial charge in [-0.15, -0.1) is 0 Å². The molecule has 0 saturated carbocycles. The first-order chi connectivity index (χ1) is 9.37. The molecule has 0 saturated heterocycles. The highest BCUT2D eigenvalue weighted by atomic mass is 32.2. The van der Waals surface area contributed by atoms with Crippen LogP contribution in [0, 0.1) is 13.8 Å². The molecule has 2 aromatic rings. The lowest BCUT2D eigenvalue weighted by molar-refractivity contribution is 0.460. The number of rotatable bonds is 5. The molecule has 0 radical (unpaired) electrons. The second-order valence-corrected chi connectivity index (χ2v) is 6.64. The quantitative estimate of drug-likeness (QED) is 0.894. The van der Waals surface area contributed by atoms with E-state index >= 15 is 0 Å². The summed E-state index contributed by atoms with van der Waals surface area (Å²) in [5.74, 6) is 0. The van der Waals surface area contributed by atoms with Gasteiger partial charge >= 0.3 is 0 Å². The zero-order valence-corrected chi connectivity index (χ0v) is 12.9. The fourth-order valence-electron chi connectivity index (χ4n) is 2.22. The summed E-state index contributed by atoms with van der Waals surface area (Å²) in [4.78, 5) is 0.293. The van der Waals surface area contributed by atoms with Crippen LogP contribution in [0.3, 0.4) is 0 Å². The number of aromatic amines is 1. The Hall–Kier alpha value is -1.67. The molecule has 0 aromatic carbocycles. The van der Waals surface area contributed by atoms with Gasteiger partial charge in [0.25, 0.3) is 0 Å². The molecular formula is C12H19N5O2S. The number of sulfonamides is 1. The summed E-state index contributed by atoms with van der Waals surface area (Å²) in [6.07, 6.45) is 1.60. The van der Waals surface area contributed by atoms with E-state index in [2.05, 4.69) is 15.3 Å². The van der Waals surface area contributed by atoms with Crippen molar-refractivity contribution in [1.29, 1.82) is 0 Å². The van der Waals surface area contributed by atoms with Crippen LogP contribution in [0.1, 0.15) is 24.0 Å². The van der Waals surface area contributed by atoms with Gasteiger partial charge in [-0.1, -0.05) is 0 Å². The fourth-order valence-corrected chi connectivity index (χ4v) is 3.73. The minimum Gasteiger partial charge on any atom is -0.281 e. The monoisotopic (exact) mass is 297 g/mol. The Balaban J connectivity index is 2.37. The predicted octanol–water partition coefficient (Wildman–Crippen LogP) is 1.06. The number of aromatic nitrogens is 4. The zero-order chi connectivity index (χ0) is 14.9. The highest BCUT2D eigenvalue weighted by molar-refractivity contribution is 7.89. The van der Waals surface area contributed by atoms with Crippen molar-refractivity contribution in [2.45, 2.75) is 38.8 Å². The Morgan fingerprint density at radius 3 is 2.60 bits per heavy atom. The highest BCUT2D eigenvalue weighted by Gasteiger charge is 2.28. The first-order valence-electron chi connectivity index (χ1n) is 6.36. The molecule has 0 amide bonds. The third-order valence-electron chi connectivity index (χ3n) is 3.23. The molecule has 0 aliphatic carbocycles. The molecule has 1 N–H and O–H groups in total. The maximum absolute atomic E-state index is 12.7. The van der Waals surface area contributed by atoms with E-state index in [1.165, 1.54) is 4.31 Å². The van der Waals surface area contributed by atoms with E-state index in [9.17, 15) is 8.42 Å². The maximum atomic E-state index is 12.7. The zero-order valence-electron chi connectivity index (χ0n) is 12.1. The van der Waals surface area contributed by atoms with Crippen molar-refractivity contribution in [2.24, 2.45) is 0 Å². The van der Waals surface area contributed by atoms with Crippen LogP contribution in [0.5, 0.6) is 0 Å². The standard InChI is InChI=1S/C12H19N5O2S/c1-5-17-10(3)12(9(2)15-17)20(18,19)16(4)8-11-6-7-13-14-11/h6-7H,5,8H2,1-4H3,(H,13,14). The summed E-state index contributed by atoms with van der Waals surface area (Å²) in [7, 11) is -2.01. The Morgan fingerprint density at radius 1 is 1.40 bits per heavy atom. The molecular weight excluding hydrogens is 278 g/mol. The molecule has 20 heavy (non-hydrogen) atoms. The van der Waals surface area contributed by atoms with Gasteiger partial charge in [0.2, 0.25) is 10.0 Å². The van der Waals surface area contributed by atoms with Crippen LogP contribution in [0.15, 0.2) is 17.2 Å². The molecule has 0 fully saturated rings. The Kier molecular flexibility index (Phi) is 3.96. The van der Waals surface area contributed by atoms with Gasteiger partial charge in [0, 0.05) is 19.8 Å². The maximum Gasteiger partial charge on any atom is 0.246 e. The first kappa shape index (κ1) is 14.7. The molecule has 2 aromatic heterocycles. The summed E-state index contributed by atoms with van der Waals surface area (Å²) >= 11 is 0. The molecule has 0 bridgehead atoms. The smallest absolute Gasteiger partial charge is 0.246 e. The van der Waals surface area contributed by atoms with E-state index in [1.807, 2.05) is 6.92 Å². The van der Waals surface area contributed by atoms with Gasteiger partial charge in [0.1, 0.15) is 4.90 Å². The number of hydrogen-bond donors (Lipinski definition) is 1. The summed E-state index contributed by atoms with van der Waals surface area (Å²) in [5.41, 5.74) is 1.94. The van der Waals surface area contributed by atoms with E-state index in [-0.39, 0.29) is 6.54 Å². The number of aryl methyl sites for hydroxylation is 2. The summed E-state index contributed by atoms with van der Waals surface area (Å²) in [5, 5.41) is 10.8. The van der Waals surface area contributed by atoms with E-state index in [0.717, 1.165) is 5.69 Å².